The summed E-state index contributed by atoms with van der Waals surface area (Å²) in [5, 5.41) is 8.35. The predicted molar refractivity (Wildman–Crippen MR) is 31.6 cm³/mol. The van der Waals surface area contributed by atoms with Gasteiger partial charge in [-0.3, -0.25) is 0 Å². The summed E-state index contributed by atoms with van der Waals surface area (Å²) in [5.74, 6) is 0. The molecule has 1 aromatic heterocycles. The van der Waals surface area contributed by atoms with Crippen molar-refractivity contribution in [3.8, 4) is 0 Å². The molecule has 1 rings (SSSR count). The summed E-state index contributed by atoms with van der Waals surface area (Å²) < 4.78 is 1.57. The number of hydrogen-bond donors (Lipinski definition) is 1. The van der Waals surface area contributed by atoms with Gasteiger partial charge in [0.15, 0.2) is 0 Å². The van der Waals surface area contributed by atoms with E-state index in [-0.39, 0.29) is 36.3 Å². The number of aromatic nitrogens is 2. The molecule has 1 heterocycles. The molecule has 0 aliphatic heterocycles. The van der Waals surface area contributed by atoms with E-state index in [1.54, 1.807) is 23.3 Å². The second-order valence-corrected chi connectivity index (χ2v) is 1.22. The van der Waals surface area contributed by atoms with Crippen LogP contribution in [0, 0.1) is 0 Å². The average Bonchev–Trinajstić information content (AvgIpc) is 2.14. The van der Waals surface area contributed by atoms with E-state index in [4.69, 9.17) is 5.11 Å². The minimum absolute atomic E-state index is 0. The van der Waals surface area contributed by atoms with Crippen molar-refractivity contribution in [2.24, 2.45) is 0 Å². The molecule has 0 saturated heterocycles. The van der Waals surface area contributed by atoms with Crippen molar-refractivity contribution in [1.82, 2.24) is 9.55 Å². The first-order valence-corrected chi connectivity index (χ1v) is 2.00. The van der Waals surface area contributed by atoms with Crippen molar-refractivity contribution in [1.29, 1.82) is 0 Å². The van der Waals surface area contributed by atoms with E-state index in [2.05, 4.69) is 4.98 Å². The molecular formula is C4H7N2NaO. The summed E-state index contributed by atoms with van der Waals surface area (Å²) in [5.41, 5.74) is 0. The third-order valence-electron chi connectivity index (χ3n) is 0.722. The van der Waals surface area contributed by atoms with Crippen LogP contribution in [0.5, 0.6) is 0 Å². The van der Waals surface area contributed by atoms with Crippen LogP contribution in [-0.2, 0) is 6.73 Å². The molecule has 4 heteroatoms. The maximum absolute atomic E-state index is 8.35. The third kappa shape index (κ3) is 1.96. The number of aliphatic hydroxyl groups excluding tert-OH is 1. The van der Waals surface area contributed by atoms with Gasteiger partial charge in [0.05, 0.1) is 6.33 Å². The zero-order valence-corrected chi connectivity index (χ0v) is 3.78. The SMILES string of the molecule is OCn1ccnc1.[NaH]. The van der Waals surface area contributed by atoms with Crippen LogP contribution in [0.1, 0.15) is 0 Å². The average molecular weight is 122 g/mol. The number of imidazole rings is 1. The van der Waals surface area contributed by atoms with Gasteiger partial charge in [-0.2, -0.15) is 0 Å². The van der Waals surface area contributed by atoms with Gasteiger partial charge in [-0.15, -0.1) is 0 Å². The van der Waals surface area contributed by atoms with Gasteiger partial charge < -0.3 is 9.67 Å². The molecule has 0 aliphatic carbocycles. The molecule has 8 heavy (non-hydrogen) atoms. The number of hydrogen-bond acceptors (Lipinski definition) is 2. The summed E-state index contributed by atoms with van der Waals surface area (Å²) in [4.78, 5) is 3.70. The van der Waals surface area contributed by atoms with Crippen molar-refractivity contribution in [2.75, 3.05) is 0 Å². The van der Waals surface area contributed by atoms with Crippen LogP contribution in [0.3, 0.4) is 0 Å². The zero-order chi connectivity index (χ0) is 5.11. The zero-order valence-electron chi connectivity index (χ0n) is 3.78. The van der Waals surface area contributed by atoms with Crippen LogP contribution in [0.4, 0.5) is 0 Å². The van der Waals surface area contributed by atoms with Gasteiger partial charge in [0, 0.05) is 12.4 Å². The van der Waals surface area contributed by atoms with Gasteiger partial charge in [0.2, 0.25) is 0 Å². The van der Waals surface area contributed by atoms with E-state index in [0.717, 1.165) is 0 Å². The van der Waals surface area contributed by atoms with Crippen LogP contribution in [0.15, 0.2) is 18.7 Å². The van der Waals surface area contributed by atoms with Crippen molar-refractivity contribution >= 4 is 29.6 Å². The number of nitrogens with zero attached hydrogens (tertiary/aromatic N) is 2. The molecule has 0 saturated carbocycles. The Bertz CT molecular complexity index is 129. The molecule has 0 amide bonds. The summed E-state index contributed by atoms with van der Waals surface area (Å²) in [6.07, 6.45) is 4.87. The summed E-state index contributed by atoms with van der Waals surface area (Å²) in [6, 6.07) is 0. The normalized spacial score (nSPS) is 8.12. The van der Waals surface area contributed by atoms with Gasteiger partial charge in [0.1, 0.15) is 6.73 Å². The fraction of sp³-hybridized carbons (Fsp3) is 0.250. The van der Waals surface area contributed by atoms with Crippen molar-refractivity contribution in [2.45, 2.75) is 6.73 Å². The molecule has 0 spiro atoms. The number of rotatable bonds is 1. The van der Waals surface area contributed by atoms with Crippen LogP contribution in [0.2, 0.25) is 0 Å². The van der Waals surface area contributed by atoms with Crippen LogP contribution >= 0.6 is 0 Å². The van der Waals surface area contributed by atoms with Gasteiger partial charge in [-0.25, -0.2) is 4.98 Å². The Labute approximate surface area is 69.6 Å². The summed E-state index contributed by atoms with van der Waals surface area (Å²) in [6.45, 7) is 0.0139. The topological polar surface area (TPSA) is 38.0 Å². The first kappa shape index (κ1) is 8.17. The van der Waals surface area contributed by atoms with Gasteiger partial charge in [-0.05, 0) is 0 Å². The third-order valence-corrected chi connectivity index (χ3v) is 0.722. The van der Waals surface area contributed by atoms with Gasteiger partial charge >= 0.3 is 29.6 Å². The van der Waals surface area contributed by atoms with Gasteiger partial charge in [0.25, 0.3) is 0 Å². The summed E-state index contributed by atoms with van der Waals surface area (Å²) in [7, 11) is 0. The van der Waals surface area contributed by atoms with Crippen LogP contribution in [-0.4, -0.2) is 44.2 Å². The molecular weight excluding hydrogens is 115 g/mol. The Balaban J connectivity index is 0.000000490. The summed E-state index contributed by atoms with van der Waals surface area (Å²) >= 11 is 0. The Morgan fingerprint density at radius 2 is 2.38 bits per heavy atom. The molecule has 40 valence electrons. The van der Waals surface area contributed by atoms with Gasteiger partial charge in [-0.1, -0.05) is 0 Å². The van der Waals surface area contributed by atoms with E-state index >= 15 is 0 Å². The molecule has 0 radical (unpaired) electrons. The molecule has 0 atom stereocenters. The van der Waals surface area contributed by atoms with E-state index < -0.39 is 0 Å². The first-order chi connectivity index (χ1) is 3.43. The molecule has 0 fully saturated rings. The van der Waals surface area contributed by atoms with E-state index in [1.165, 1.54) is 0 Å². The van der Waals surface area contributed by atoms with E-state index in [9.17, 15) is 0 Å². The van der Waals surface area contributed by atoms with E-state index in [1.807, 2.05) is 0 Å². The standard InChI is InChI=1S/C4H6N2O.Na.H/c7-4-6-2-1-5-3-6;;/h1-3,7H,4H2;;. The fourth-order valence-electron chi connectivity index (χ4n) is 0.370. The Kier molecular flexibility index (Phi) is 4.18. The Morgan fingerprint density at radius 1 is 1.62 bits per heavy atom. The minimum atomic E-state index is 0. The second kappa shape index (κ2) is 4.09. The quantitative estimate of drug-likeness (QED) is 0.494. The van der Waals surface area contributed by atoms with Crippen molar-refractivity contribution < 1.29 is 5.11 Å². The number of aliphatic hydroxyl groups is 1. The first-order valence-electron chi connectivity index (χ1n) is 2.00. The molecule has 0 aromatic carbocycles. The Morgan fingerprint density at radius 3 is 2.62 bits per heavy atom. The van der Waals surface area contributed by atoms with Crippen LogP contribution < -0.4 is 0 Å². The fourth-order valence-corrected chi connectivity index (χ4v) is 0.370. The molecule has 1 aromatic rings. The predicted octanol–water partition coefficient (Wildman–Crippen LogP) is -0.816. The van der Waals surface area contributed by atoms with Crippen LogP contribution in [0.25, 0.3) is 0 Å². The molecule has 1 N–H and O–H groups in total. The van der Waals surface area contributed by atoms with Crippen molar-refractivity contribution in [3.63, 3.8) is 0 Å². The molecule has 0 bridgehead atoms. The molecule has 3 nitrogen and oxygen atoms in total. The van der Waals surface area contributed by atoms with E-state index in [0.29, 0.717) is 0 Å². The molecule has 0 aliphatic rings. The molecule has 0 unspecified atom stereocenters. The maximum atomic E-state index is 8.35. The second-order valence-electron chi connectivity index (χ2n) is 1.22. The van der Waals surface area contributed by atoms with Crippen molar-refractivity contribution in [3.05, 3.63) is 18.7 Å². The Hall–Kier alpha value is 0.170. The monoisotopic (exact) mass is 122 g/mol.